The second-order valence-electron chi connectivity index (χ2n) is 7.44. The number of hydrogen-bond donors (Lipinski definition) is 1. The van der Waals surface area contributed by atoms with Crippen LogP contribution in [0.4, 0.5) is 13.2 Å². The van der Waals surface area contributed by atoms with Crippen LogP contribution in [0.1, 0.15) is 37.4 Å². The Morgan fingerprint density at radius 3 is 2.57 bits per heavy atom. The fourth-order valence-corrected chi connectivity index (χ4v) is 3.18. The highest BCUT2D eigenvalue weighted by atomic mass is 19.4. The van der Waals surface area contributed by atoms with Gasteiger partial charge in [0.2, 0.25) is 5.91 Å². The molecule has 0 aliphatic heterocycles. The summed E-state index contributed by atoms with van der Waals surface area (Å²) in [6.45, 7) is 3.43. The van der Waals surface area contributed by atoms with E-state index in [-0.39, 0.29) is 12.5 Å². The van der Waals surface area contributed by atoms with Gasteiger partial charge >= 0.3 is 6.18 Å². The Morgan fingerprint density at radius 1 is 1.13 bits per heavy atom. The smallest absolute Gasteiger partial charge is 0.348 e. The van der Waals surface area contributed by atoms with Gasteiger partial charge in [-0.3, -0.25) is 9.59 Å². The number of nitrogens with one attached hydrogen (secondary N) is 1. The number of benzene rings is 2. The zero-order valence-corrected chi connectivity index (χ0v) is 16.5. The maximum Gasteiger partial charge on any atom is 0.416 e. The van der Waals surface area contributed by atoms with Crippen molar-refractivity contribution in [3.05, 3.63) is 70.0 Å². The highest BCUT2D eigenvalue weighted by molar-refractivity contribution is 5.78. The predicted octanol–water partition coefficient (Wildman–Crippen LogP) is 3.71. The Balaban J connectivity index is 1.83. The number of carbonyl (C=O) groups excluding carboxylic acids is 1. The fraction of sp³-hybridized carbons (Fsp3) is 0.333. The fourth-order valence-electron chi connectivity index (χ4n) is 3.18. The molecule has 1 aromatic heterocycles. The maximum atomic E-state index is 13.1. The Bertz CT molecular complexity index is 1110. The number of carbonyl (C=O) groups is 1. The Labute approximate surface area is 170 Å². The Morgan fingerprint density at radius 2 is 1.87 bits per heavy atom. The lowest BCUT2D eigenvalue weighted by molar-refractivity contribution is -0.137. The van der Waals surface area contributed by atoms with Crippen LogP contribution in [0.25, 0.3) is 10.9 Å². The summed E-state index contributed by atoms with van der Waals surface area (Å²) in [5.74, 6) is -0.419. The van der Waals surface area contributed by atoms with Gasteiger partial charge in [0.25, 0.3) is 5.56 Å². The molecule has 0 saturated heterocycles. The molecule has 0 bridgehead atoms. The topological polar surface area (TPSA) is 76.9 Å². The molecule has 0 aliphatic carbocycles. The zero-order chi connectivity index (χ0) is 21.9. The zero-order valence-electron chi connectivity index (χ0n) is 16.5. The largest absolute Gasteiger partial charge is 0.416 e. The monoisotopic (exact) mass is 418 g/mol. The highest BCUT2D eigenvalue weighted by Crippen LogP contribution is 2.32. The maximum absolute atomic E-state index is 13.1. The standard InChI is InChI=1S/C21H21F3N4O2/c1-13(2)10-18(14-6-5-7-15(11-14)21(22,23)24)25-19(29)12-28-20(30)16-8-3-4-9-17(16)26-27-28/h3-9,11,13,18H,10,12H2,1-2H3,(H,25,29). The van der Waals surface area contributed by atoms with Crippen LogP contribution in [-0.4, -0.2) is 20.9 Å². The molecule has 1 amide bonds. The van der Waals surface area contributed by atoms with Gasteiger partial charge in [-0.1, -0.05) is 43.3 Å². The molecular formula is C21H21F3N4O2. The van der Waals surface area contributed by atoms with Crippen molar-refractivity contribution in [1.29, 1.82) is 0 Å². The number of hydrogen-bond acceptors (Lipinski definition) is 4. The van der Waals surface area contributed by atoms with Crippen LogP contribution in [0, 0.1) is 5.92 Å². The van der Waals surface area contributed by atoms with Crippen molar-refractivity contribution >= 4 is 16.8 Å². The number of nitrogens with zero attached hydrogens (tertiary/aromatic N) is 3. The quantitative estimate of drug-likeness (QED) is 0.662. The van der Waals surface area contributed by atoms with Gasteiger partial charge in [0, 0.05) is 0 Å². The number of fused-ring (bicyclic) bond motifs is 1. The van der Waals surface area contributed by atoms with Gasteiger partial charge in [0.05, 0.1) is 17.0 Å². The van der Waals surface area contributed by atoms with Gasteiger partial charge in [0.15, 0.2) is 0 Å². The molecule has 1 N–H and O–H groups in total. The van der Waals surface area contributed by atoms with Crippen LogP contribution in [-0.2, 0) is 17.5 Å². The first kappa shape index (κ1) is 21.5. The van der Waals surface area contributed by atoms with Crippen molar-refractivity contribution in [3.63, 3.8) is 0 Å². The highest BCUT2D eigenvalue weighted by Gasteiger charge is 2.31. The molecule has 3 rings (SSSR count). The van der Waals surface area contributed by atoms with Crippen LogP contribution >= 0.6 is 0 Å². The minimum absolute atomic E-state index is 0.119. The average Bonchev–Trinajstić information content (AvgIpc) is 2.69. The summed E-state index contributed by atoms with van der Waals surface area (Å²) in [6, 6.07) is 10.9. The molecule has 6 nitrogen and oxygen atoms in total. The van der Waals surface area contributed by atoms with E-state index in [0.717, 1.165) is 16.8 Å². The molecule has 0 spiro atoms. The first-order chi connectivity index (χ1) is 14.1. The summed E-state index contributed by atoms with van der Waals surface area (Å²) < 4.78 is 40.2. The third-order valence-electron chi connectivity index (χ3n) is 4.58. The molecule has 0 radical (unpaired) electrons. The molecular weight excluding hydrogens is 397 g/mol. The number of alkyl halides is 3. The predicted molar refractivity (Wildman–Crippen MR) is 106 cm³/mol. The van der Waals surface area contributed by atoms with Crippen LogP contribution in [0.15, 0.2) is 53.3 Å². The minimum Gasteiger partial charge on any atom is -0.348 e. The minimum atomic E-state index is -4.48. The molecule has 0 aliphatic rings. The lowest BCUT2D eigenvalue weighted by Gasteiger charge is -2.22. The average molecular weight is 418 g/mol. The van der Waals surface area contributed by atoms with Crippen molar-refractivity contribution in [2.45, 2.75) is 39.0 Å². The number of rotatable bonds is 6. The second kappa shape index (κ2) is 8.64. The molecule has 158 valence electrons. The molecule has 1 unspecified atom stereocenters. The van der Waals surface area contributed by atoms with Crippen molar-refractivity contribution in [2.24, 2.45) is 5.92 Å². The third-order valence-corrected chi connectivity index (χ3v) is 4.58. The van der Waals surface area contributed by atoms with Gasteiger partial charge in [-0.15, -0.1) is 5.10 Å². The first-order valence-electron chi connectivity index (χ1n) is 9.44. The Kier molecular flexibility index (Phi) is 6.19. The van der Waals surface area contributed by atoms with Gasteiger partial charge in [-0.05, 0) is 42.2 Å². The van der Waals surface area contributed by atoms with Gasteiger partial charge in [0.1, 0.15) is 12.1 Å². The van der Waals surface area contributed by atoms with Crippen LogP contribution in [0.5, 0.6) is 0 Å². The van der Waals surface area contributed by atoms with Crippen LogP contribution in [0.2, 0.25) is 0 Å². The van der Waals surface area contributed by atoms with E-state index in [1.807, 2.05) is 13.8 Å². The van der Waals surface area contributed by atoms with Gasteiger partial charge in [-0.25, -0.2) is 4.68 Å². The van der Waals surface area contributed by atoms with Crippen molar-refractivity contribution in [2.75, 3.05) is 0 Å². The van der Waals surface area contributed by atoms with Crippen molar-refractivity contribution in [1.82, 2.24) is 20.3 Å². The number of amides is 1. The van der Waals surface area contributed by atoms with Crippen molar-refractivity contribution < 1.29 is 18.0 Å². The SMILES string of the molecule is CC(C)CC(NC(=O)Cn1nnc2ccccc2c1=O)c1cccc(C(F)(F)F)c1. The van der Waals surface area contributed by atoms with E-state index in [9.17, 15) is 22.8 Å². The molecule has 1 heterocycles. The van der Waals surface area contributed by atoms with E-state index in [1.165, 1.54) is 6.07 Å². The molecule has 30 heavy (non-hydrogen) atoms. The number of aromatic nitrogens is 3. The first-order valence-corrected chi connectivity index (χ1v) is 9.44. The van der Waals surface area contributed by atoms with E-state index in [2.05, 4.69) is 15.6 Å². The van der Waals surface area contributed by atoms with E-state index < -0.39 is 29.2 Å². The summed E-state index contributed by atoms with van der Waals surface area (Å²) >= 11 is 0. The van der Waals surface area contributed by atoms with E-state index in [0.29, 0.717) is 22.9 Å². The summed E-state index contributed by atoms with van der Waals surface area (Å²) in [5.41, 5.74) is -0.473. The van der Waals surface area contributed by atoms with Crippen LogP contribution < -0.4 is 10.9 Å². The molecule has 2 aromatic carbocycles. The normalized spacial score (nSPS) is 12.9. The van der Waals surface area contributed by atoms with Crippen LogP contribution in [0.3, 0.4) is 0 Å². The van der Waals surface area contributed by atoms with Gasteiger partial charge < -0.3 is 5.32 Å². The van der Waals surface area contributed by atoms with E-state index in [1.54, 1.807) is 30.3 Å². The molecule has 1 atom stereocenters. The lowest BCUT2D eigenvalue weighted by atomic mass is 9.95. The Hall–Kier alpha value is -3.23. The van der Waals surface area contributed by atoms with E-state index in [4.69, 9.17) is 0 Å². The molecule has 0 fully saturated rings. The number of halogens is 3. The lowest BCUT2D eigenvalue weighted by Crippen LogP contribution is -2.36. The summed E-state index contributed by atoms with van der Waals surface area (Å²) in [4.78, 5) is 25.1. The summed E-state index contributed by atoms with van der Waals surface area (Å²) in [7, 11) is 0. The molecule has 3 aromatic rings. The third kappa shape index (κ3) is 5.03. The van der Waals surface area contributed by atoms with Crippen molar-refractivity contribution in [3.8, 4) is 0 Å². The molecule has 0 saturated carbocycles. The second-order valence-corrected chi connectivity index (χ2v) is 7.44. The molecule has 9 heteroatoms. The van der Waals surface area contributed by atoms with Gasteiger partial charge in [-0.2, -0.15) is 13.2 Å². The van der Waals surface area contributed by atoms with E-state index >= 15 is 0 Å². The summed E-state index contributed by atoms with van der Waals surface area (Å²) in [5, 5.41) is 10.8. The summed E-state index contributed by atoms with van der Waals surface area (Å²) in [6.07, 6.45) is -4.04.